The number of rotatable bonds is 5. The summed E-state index contributed by atoms with van der Waals surface area (Å²) in [6.07, 6.45) is 2.29. The Labute approximate surface area is 147 Å². The second-order valence-corrected chi connectivity index (χ2v) is 6.85. The van der Waals surface area contributed by atoms with E-state index >= 15 is 0 Å². The van der Waals surface area contributed by atoms with Crippen LogP contribution in [0.4, 0.5) is 0 Å². The Morgan fingerprint density at radius 3 is 2.78 bits per heavy atom. The molecular weight excluding hydrogens is 328 g/mol. The maximum Gasteiger partial charge on any atom is 0.261 e. The molecule has 2 aromatic rings. The molecule has 23 heavy (non-hydrogen) atoms. The number of halogens is 1. The van der Waals surface area contributed by atoms with Crippen LogP contribution in [0.25, 0.3) is 11.1 Å². The summed E-state index contributed by atoms with van der Waals surface area (Å²) in [5.41, 5.74) is 3.37. The van der Waals surface area contributed by atoms with Gasteiger partial charge in [-0.2, -0.15) is 0 Å². The number of aryl methyl sites for hydroxylation is 1. The monoisotopic (exact) mass is 350 g/mol. The van der Waals surface area contributed by atoms with E-state index in [1.807, 2.05) is 11.4 Å². The first kappa shape index (κ1) is 18.0. The zero-order valence-corrected chi connectivity index (χ0v) is 14.9. The van der Waals surface area contributed by atoms with E-state index in [9.17, 15) is 4.79 Å². The maximum atomic E-state index is 12.4. The Bertz CT molecular complexity index is 633. The number of amides is 1. The number of nitrogens with one attached hydrogen (secondary N) is 2. The zero-order valence-electron chi connectivity index (χ0n) is 13.3. The maximum absolute atomic E-state index is 12.4. The van der Waals surface area contributed by atoms with Crippen LogP contribution >= 0.6 is 23.7 Å². The average Bonchev–Trinajstić information content (AvgIpc) is 3.19. The highest BCUT2D eigenvalue weighted by Crippen LogP contribution is 2.28. The van der Waals surface area contributed by atoms with Crippen molar-refractivity contribution in [3.05, 3.63) is 46.2 Å². The van der Waals surface area contributed by atoms with Crippen LogP contribution in [0.5, 0.6) is 0 Å². The third-order valence-corrected chi connectivity index (χ3v) is 5.15. The van der Waals surface area contributed by atoms with Gasteiger partial charge in [-0.15, -0.1) is 23.7 Å². The normalized spacial score (nSPS) is 16.8. The number of thiophene rings is 1. The van der Waals surface area contributed by atoms with Gasteiger partial charge in [0.25, 0.3) is 5.91 Å². The molecule has 1 fully saturated rings. The summed E-state index contributed by atoms with van der Waals surface area (Å²) in [7, 11) is 0. The second-order valence-electron chi connectivity index (χ2n) is 5.93. The van der Waals surface area contributed by atoms with Crippen LogP contribution < -0.4 is 10.6 Å². The van der Waals surface area contributed by atoms with Crippen molar-refractivity contribution in [2.75, 3.05) is 19.6 Å². The third kappa shape index (κ3) is 4.56. The van der Waals surface area contributed by atoms with Crippen molar-refractivity contribution in [1.82, 2.24) is 10.6 Å². The Balaban J connectivity index is 0.00000192. The van der Waals surface area contributed by atoms with E-state index in [2.05, 4.69) is 41.8 Å². The highest BCUT2D eigenvalue weighted by Gasteiger charge is 2.17. The molecule has 2 heterocycles. The van der Waals surface area contributed by atoms with Crippen LogP contribution in [0.15, 0.2) is 35.7 Å². The molecule has 5 heteroatoms. The lowest BCUT2D eigenvalue weighted by atomic mass is 10.0. The van der Waals surface area contributed by atoms with Gasteiger partial charge in [0.2, 0.25) is 0 Å². The smallest absolute Gasteiger partial charge is 0.261 e. The van der Waals surface area contributed by atoms with E-state index in [4.69, 9.17) is 0 Å². The summed E-state index contributed by atoms with van der Waals surface area (Å²) in [4.78, 5) is 13.2. The van der Waals surface area contributed by atoms with Crippen LogP contribution in [0.2, 0.25) is 0 Å². The summed E-state index contributed by atoms with van der Waals surface area (Å²) < 4.78 is 0. The molecule has 1 amide bonds. The van der Waals surface area contributed by atoms with E-state index in [1.54, 1.807) is 0 Å². The second kappa shape index (κ2) is 8.48. The van der Waals surface area contributed by atoms with Gasteiger partial charge in [0, 0.05) is 12.1 Å². The van der Waals surface area contributed by atoms with Gasteiger partial charge in [-0.3, -0.25) is 4.79 Å². The number of benzene rings is 1. The van der Waals surface area contributed by atoms with Gasteiger partial charge in [0.15, 0.2) is 0 Å². The summed E-state index contributed by atoms with van der Waals surface area (Å²) in [5, 5.41) is 8.43. The molecule has 1 aliphatic heterocycles. The van der Waals surface area contributed by atoms with Gasteiger partial charge in [-0.1, -0.05) is 29.8 Å². The van der Waals surface area contributed by atoms with Crippen LogP contribution in [-0.4, -0.2) is 25.5 Å². The molecule has 1 aromatic carbocycles. The van der Waals surface area contributed by atoms with Crippen molar-refractivity contribution in [1.29, 1.82) is 0 Å². The van der Waals surface area contributed by atoms with Crippen molar-refractivity contribution < 1.29 is 4.79 Å². The molecule has 0 bridgehead atoms. The van der Waals surface area contributed by atoms with E-state index < -0.39 is 0 Å². The Morgan fingerprint density at radius 1 is 1.30 bits per heavy atom. The van der Waals surface area contributed by atoms with E-state index in [-0.39, 0.29) is 18.3 Å². The van der Waals surface area contributed by atoms with E-state index in [1.165, 1.54) is 23.3 Å². The molecule has 3 rings (SSSR count). The molecule has 0 aliphatic carbocycles. The van der Waals surface area contributed by atoms with Gasteiger partial charge >= 0.3 is 0 Å². The number of hydrogen-bond donors (Lipinski definition) is 2. The molecule has 1 saturated heterocycles. The lowest BCUT2D eigenvalue weighted by Crippen LogP contribution is -2.26. The minimum absolute atomic E-state index is 0. The molecule has 1 atom stereocenters. The topological polar surface area (TPSA) is 41.1 Å². The Kier molecular flexibility index (Phi) is 6.63. The predicted molar refractivity (Wildman–Crippen MR) is 99.7 cm³/mol. The van der Waals surface area contributed by atoms with Crippen LogP contribution in [-0.2, 0) is 0 Å². The molecule has 2 N–H and O–H groups in total. The highest BCUT2D eigenvalue weighted by molar-refractivity contribution is 7.12. The molecule has 0 spiro atoms. The first-order valence-corrected chi connectivity index (χ1v) is 8.75. The Hall–Kier alpha value is -1.36. The third-order valence-electron chi connectivity index (χ3n) is 4.23. The molecule has 0 saturated carbocycles. The minimum atomic E-state index is 0. The largest absolute Gasteiger partial charge is 0.351 e. The summed E-state index contributed by atoms with van der Waals surface area (Å²) in [6, 6.07) is 10.4. The minimum Gasteiger partial charge on any atom is -0.351 e. The van der Waals surface area contributed by atoms with Crippen molar-refractivity contribution in [3.63, 3.8) is 0 Å². The molecule has 124 valence electrons. The predicted octanol–water partition coefficient (Wildman–Crippen LogP) is 3.87. The number of carbonyl (C=O) groups is 1. The Morgan fingerprint density at radius 2 is 2.09 bits per heavy atom. The van der Waals surface area contributed by atoms with Crippen LogP contribution in [0, 0.1) is 12.8 Å². The summed E-state index contributed by atoms with van der Waals surface area (Å²) in [6.45, 7) is 5.03. The lowest BCUT2D eigenvalue weighted by molar-refractivity contribution is 0.0956. The molecular formula is C18H23ClN2OS. The number of hydrogen-bond acceptors (Lipinski definition) is 3. The van der Waals surface area contributed by atoms with Crippen molar-refractivity contribution in [2.45, 2.75) is 19.8 Å². The fourth-order valence-electron chi connectivity index (χ4n) is 2.88. The average molecular weight is 351 g/mol. The van der Waals surface area contributed by atoms with Gasteiger partial charge in [-0.25, -0.2) is 0 Å². The molecule has 1 unspecified atom stereocenters. The van der Waals surface area contributed by atoms with Gasteiger partial charge < -0.3 is 10.6 Å². The standard InChI is InChI=1S/C18H22N2OS.ClH/c1-13-2-4-15(5-3-13)16-8-11-22-17(16)18(21)20-10-7-14-6-9-19-12-14;/h2-5,8,11,14,19H,6-7,9-10,12H2,1H3,(H,20,21);1H. The van der Waals surface area contributed by atoms with Gasteiger partial charge in [0.05, 0.1) is 4.88 Å². The van der Waals surface area contributed by atoms with Gasteiger partial charge in [0.1, 0.15) is 0 Å². The lowest BCUT2D eigenvalue weighted by Gasteiger charge is -2.10. The molecule has 0 radical (unpaired) electrons. The molecule has 3 nitrogen and oxygen atoms in total. The van der Waals surface area contributed by atoms with Crippen LogP contribution in [0.1, 0.15) is 28.1 Å². The van der Waals surface area contributed by atoms with Crippen LogP contribution in [0.3, 0.4) is 0 Å². The van der Waals surface area contributed by atoms with Crippen molar-refractivity contribution in [3.8, 4) is 11.1 Å². The molecule has 1 aromatic heterocycles. The molecule has 1 aliphatic rings. The summed E-state index contributed by atoms with van der Waals surface area (Å²) >= 11 is 1.51. The van der Waals surface area contributed by atoms with Gasteiger partial charge in [-0.05, 0) is 55.8 Å². The fourth-order valence-corrected chi connectivity index (χ4v) is 3.71. The SMILES string of the molecule is Cc1ccc(-c2ccsc2C(=O)NCCC2CCNC2)cc1.Cl. The van der Waals surface area contributed by atoms with E-state index in [0.717, 1.165) is 42.1 Å². The van der Waals surface area contributed by atoms with Crippen molar-refractivity contribution >= 4 is 29.7 Å². The summed E-state index contributed by atoms with van der Waals surface area (Å²) in [5.74, 6) is 0.761. The number of carbonyl (C=O) groups excluding carboxylic acids is 1. The van der Waals surface area contributed by atoms with E-state index in [0.29, 0.717) is 5.92 Å². The first-order valence-electron chi connectivity index (χ1n) is 7.87. The highest BCUT2D eigenvalue weighted by atomic mass is 35.5. The quantitative estimate of drug-likeness (QED) is 0.859. The fraction of sp³-hybridized carbons (Fsp3) is 0.389. The first-order chi connectivity index (χ1) is 10.7. The zero-order chi connectivity index (χ0) is 15.4. The van der Waals surface area contributed by atoms with Crippen molar-refractivity contribution in [2.24, 2.45) is 5.92 Å².